The van der Waals surface area contributed by atoms with E-state index in [1.54, 1.807) is 23.8 Å². The van der Waals surface area contributed by atoms with Crippen molar-refractivity contribution in [3.8, 4) is 21.7 Å². The Morgan fingerprint density at radius 2 is 1.90 bits per heavy atom. The SMILES string of the molecule is Cc1ncsc1-c1nc(N)ncc1-c1ccc(F)cc1. The highest BCUT2D eigenvalue weighted by molar-refractivity contribution is 7.13. The number of nitrogen functional groups attached to an aromatic ring is 1. The van der Waals surface area contributed by atoms with Crippen molar-refractivity contribution in [3.05, 3.63) is 47.5 Å². The van der Waals surface area contributed by atoms with Crippen LogP contribution in [-0.4, -0.2) is 15.0 Å². The summed E-state index contributed by atoms with van der Waals surface area (Å²) in [6.07, 6.45) is 1.66. The Morgan fingerprint density at radius 1 is 1.15 bits per heavy atom. The molecule has 3 rings (SSSR count). The van der Waals surface area contributed by atoms with E-state index in [1.807, 2.05) is 6.92 Å². The molecule has 0 aliphatic heterocycles. The third kappa shape index (κ3) is 2.25. The van der Waals surface area contributed by atoms with Crippen molar-refractivity contribution in [2.75, 3.05) is 5.73 Å². The minimum atomic E-state index is -0.277. The van der Waals surface area contributed by atoms with Gasteiger partial charge in [0.05, 0.1) is 21.8 Å². The molecule has 0 aliphatic carbocycles. The summed E-state index contributed by atoms with van der Waals surface area (Å²) in [5.41, 5.74) is 10.7. The first-order chi connectivity index (χ1) is 9.65. The van der Waals surface area contributed by atoms with E-state index >= 15 is 0 Å². The van der Waals surface area contributed by atoms with Crippen LogP contribution in [0.15, 0.2) is 36.0 Å². The number of halogens is 1. The number of thiazole rings is 1. The zero-order valence-electron chi connectivity index (χ0n) is 10.7. The van der Waals surface area contributed by atoms with Crippen LogP contribution in [0, 0.1) is 12.7 Å². The highest BCUT2D eigenvalue weighted by Crippen LogP contribution is 2.34. The fraction of sp³-hybridized carbons (Fsp3) is 0.0714. The number of benzene rings is 1. The Labute approximate surface area is 119 Å². The maximum atomic E-state index is 13.0. The van der Waals surface area contributed by atoms with Crippen LogP contribution in [0.1, 0.15) is 5.69 Å². The summed E-state index contributed by atoms with van der Waals surface area (Å²) in [6, 6.07) is 6.22. The molecule has 0 bridgehead atoms. The summed E-state index contributed by atoms with van der Waals surface area (Å²) in [7, 11) is 0. The standard InChI is InChI=1S/C14H11FN4S/c1-8-13(20-7-18-8)12-11(6-17-14(16)19-12)9-2-4-10(15)5-3-9/h2-7H,1H3,(H2,16,17,19). The van der Waals surface area contributed by atoms with Crippen LogP contribution in [0.2, 0.25) is 0 Å². The van der Waals surface area contributed by atoms with Gasteiger partial charge in [-0.3, -0.25) is 0 Å². The van der Waals surface area contributed by atoms with Crippen molar-refractivity contribution >= 4 is 17.3 Å². The lowest BCUT2D eigenvalue weighted by Gasteiger charge is -2.08. The van der Waals surface area contributed by atoms with Crippen molar-refractivity contribution in [1.29, 1.82) is 0 Å². The smallest absolute Gasteiger partial charge is 0.220 e. The maximum absolute atomic E-state index is 13.0. The summed E-state index contributed by atoms with van der Waals surface area (Å²) in [4.78, 5) is 13.5. The van der Waals surface area contributed by atoms with Crippen LogP contribution in [0.25, 0.3) is 21.7 Å². The van der Waals surface area contributed by atoms with Gasteiger partial charge in [-0.1, -0.05) is 12.1 Å². The summed E-state index contributed by atoms with van der Waals surface area (Å²) in [5, 5.41) is 0. The van der Waals surface area contributed by atoms with Gasteiger partial charge in [-0.25, -0.2) is 19.3 Å². The third-order valence-electron chi connectivity index (χ3n) is 2.92. The molecule has 0 saturated carbocycles. The molecule has 2 aromatic heterocycles. The molecular formula is C14H11FN4S. The Hall–Kier alpha value is -2.34. The predicted molar refractivity (Wildman–Crippen MR) is 77.7 cm³/mol. The first kappa shape index (κ1) is 12.7. The molecule has 2 N–H and O–H groups in total. The van der Waals surface area contributed by atoms with Crippen LogP contribution in [0.3, 0.4) is 0 Å². The minimum absolute atomic E-state index is 0.207. The average Bonchev–Trinajstić information content (AvgIpc) is 2.86. The number of anilines is 1. The number of aromatic nitrogens is 3. The van der Waals surface area contributed by atoms with Crippen LogP contribution in [0.4, 0.5) is 10.3 Å². The Morgan fingerprint density at radius 3 is 2.55 bits per heavy atom. The van der Waals surface area contributed by atoms with Crippen molar-refractivity contribution < 1.29 is 4.39 Å². The molecule has 0 radical (unpaired) electrons. The highest BCUT2D eigenvalue weighted by Gasteiger charge is 2.14. The molecule has 4 nitrogen and oxygen atoms in total. The molecule has 0 fully saturated rings. The zero-order valence-corrected chi connectivity index (χ0v) is 11.5. The third-order valence-corrected chi connectivity index (χ3v) is 3.86. The van der Waals surface area contributed by atoms with Crippen LogP contribution in [-0.2, 0) is 0 Å². The number of hydrogen-bond acceptors (Lipinski definition) is 5. The van der Waals surface area contributed by atoms with E-state index in [0.29, 0.717) is 0 Å². The van der Waals surface area contributed by atoms with Gasteiger partial charge >= 0.3 is 0 Å². The number of hydrogen-bond donors (Lipinski definition) is 1. The number of rotatable bonds is 2. The van der Waals surface area contributed by atoms with Crippen molar-refractivity contribution in [2.24, 2.45) is 0 Å². The second kappa shape index (κ2) is 4.97. The van der Waals surface area contributed by atoms with Crippen molar-refractivity contribution in [2.45, 2.75) is 6.92 Å². The lowest BCUT2D eigenvalue weighted by molar-refractivity contribution is 0.628. The summed E-state index contributed by atoms with van der Waals surface area (Å²) in [5.74, 6) is -0.0701. The second-order valence-corrected chi connectivity index (χ2v) is 5.12. The minimum Gasteiger partial charge on any atom is -0.368 e. The molecular weight excluding hydrogens is 275 g/mol. The first-order valence-electron chi connectivity index (χ1n) is 5.94. The molecule has 0 unspecified atom stereocenters. The van der Waals surface area contributed by atoms with E-state index in [4.69, 9.17) is 5.73 Å². The molecule has 100 valence electrons. The van der Waals surface area contributed by atoms with E-state index in [-0.39, 0.29) is 11.8 Å². The van der Waals surface area contributed by atoms with Gasteiger partial charge in [-0.15, -0.1) is 11.3 Å². The lowest BCUT2D eigenvalue weighted by Crippen LogP contribution is -1.98. The van der Waals surface area contributed by atoms with Gasteiger partial charge in [0.25, 0.3) is 0 Å². The maximum Gasteiger partial charge on any atom is 0.220 e. The van der Waals surface area contributed by atoms with Gasteiger partial charge in [-0.05, 0) is 24.6 Å². The molecule has 3 aromatic rings. The highest BCUT2D eigenvalue weighted by atomic mass is 32.1. The predicted octanol–water partition coefficient (Wildman–Crippen LogP) is 3.30. The molecule has 0 amide bonds. The van der Waals surface area contributed by atoms with Crippen molar-refractivity contribution in [1.82, 2.24) is 15.0 Å². The largest absolute Gasteiger partial charge is 0.368 e. The number of nitrogens with two attached hydrogens (primary N) is 1. The quantitative estimate of drug-likeness (QED) is 0.785. The monoisotopic (exact) mass is 286 g/mol. The molecule has 2 heterocycles. The molecule has 0 saturated heterocycles. The van der Waals surface area contributed by atoms with Gasteiger partial charge in [0.1, 0.15) is 5.82 Å². The van der Waals surface area contributed by atoms with Crippen LogP contribution < -0.4 is 5.73 Å². The van der Waals surface area contributed by atoms with Gasteiger partial charge in [0.15, 0.2) is 0 Å². The van der Waals surface area contributed by atoms with Gasteiger partial charge in [0, 0.05) is 11.8 Å². The topological polar surface area (TPSA) is 64.7 Å². The van der Waals surface area contributed by atoms with E-state index in [0.717, 1.165) is 27.4 Å². The average molecular weight is 286 g/mol. The molecule has 0 spiro atoms. The number of aryl methyl sites for hydroxylation is 1. The Bertz CT molecular complexity index is 752. The molecule has 0 atom stereocenters. The van der Waals surface area contributed by atoms with Crippen LogP contribution in [0.5, 0.6) is 0 Å². The van der Waals surface area contributed by atoms with E-state index in [2.05, 4.69) is 15.0 Å². The molecule has 0 aliphatic rings. The van der Waals surface area contributed by atoms with E-state index in [1.165, 1.54) is 23.5 Å². The fourth-order valence-corrected chi connectivity index (χ4v) is 2.75. The van der Waals surface area contributed by atoms with E-state index in [9.17, 15) is 4.39 Å². The lowest BCUT2D eigenvalue weighted by atomic mass is 10.0. The zero-order chi connectivity index (χ0) is 14.1. The van der Waals surface area contributed by atoms with Crippen LogP contribution >= 0.6 is 11.3 Å². The Balaban J connectivity index is 2.21. The second-order valence-electron chi connectivity index (χ2n) is 4.26. The first-order valence-corrected chi connectivity index (χ1v) is 6.82. The molecule has 20 heavy (non-hydrogen) atoms. The molecule has 1 aromatic carbocycles. The van der Waals surface area contributed by atoms with E-state index < -0.39 is 0 Å². The summed E-state index contributed by atoms with van der Waals surface area (Å²) < 4.78 is 13.0. The summed E-state index contributed by atoms with van der Waals surface area (Å²) >= 11 is 1.49. The Kier molecular flexibility index (Phi) is 3.15. The van der Waals surface area contributed by atoms with Gasteiger partial charge < -0.3 is 5.73 Å². The number of nitrogens with zero attached hydrogens (tertiary/aromatic N) is 3. The molecule has 6 heteroatoms. The van der Waals surface area contributed by atoms with Gasteiger partial charge in [0.2, 0.25) is 5.95 Å². The van der Waals surface area contributed by atoms with Crippen molar-refractivity contribution in [3.63, 3.8) is 0 Å². The normalized spacial score (nSPS) is 10.7. The summed E-state index contributed by atoms with van der Waals surface area (Å²) in [6.45, 7) is 1.92. The van der Waals surface area contributed by atoms with Gasteiger partial charge in [-0.2, -0.15) is 0 Å². The fourth-order valence-electron chi connectivity index (χ4n) is 1.94.